The number of nitrogens with one attached hydrogen (secondary N) is 1. The monoisotopic (exact) mass is 296 g/mol. The first-order chi connectivity index (χ1) is 10.1. The van der Waals surface area contributed by atoms with Gasteiger partial charge in [-0.15, -0.1) is 11.8 Å². The van der Waals surface area contributed by atoms with E-state index < -0.39 is 0 Å². The van der Waals surface area contributed by atoms with Crippen LogP contribution in [-0.2, 0) is 5.75 Å². The summed E-state index contributed by atoms with van der Waals surface area (Å²) >= 11 is 1.60. The zero-order chi connectivity index (χ0) is 14.8. The second kappa shape index (κ2) is 5.66. The molecule has 0 atom stereocenters. The first-order valence-corrected chi connectivity index (χ1v) is 7.72. The molecular formula is C17H16N2OS. The van der Waals surface area contributed by atoms with Crippen molar-refractivity contribution in [2.45, 2.75) is 17.7 Å². The molecule has 0 amide bonds. The highest BCUT2D eigenvalue weighted by molar-refractivity contribution is 7.98. The number of anilines is 1. The Labute approximate surface area is 127 Å². The lowest BCUT2D eigenvalue weighted by Gasteiger charge is -2.08. The Hall–Kier alpha value is -2.20. The standard InChI is InChI=1S/C17H16N2OS/c1-11-6-7-12-9-16(20)19-17(14(12)8-11)21-10-13-4-2-3-5-15(13)18/h2-9H,10,18H2,1H3,(H,19,20). The van der Waals surface area contributed by atoms with Crippen LogP contribution in [0.5, 0.6) is 0 Å². The van der Waals surface area contributed by atoms with E-state index in [1.165, 1.54) is 5.56 Å². The molecule has 3 nitrogen and oxygen atoms in total. The van der Waals surface area contributed by atoms with Crippen LogP contribution < -0.4 is 11.3 Å². The van der Waals surface area contributed by atoms with Crippen molar-refractivity contribution >= 4 is 28.2 Å². The van der Waals surface area contributed by atoms with Crippen LogP contribution >= 0.6 is 11.8 Å². The van der Waals surface area contributed by atoms with Gasteiger partial charge >= 0.3 is 0 Å². The molecule has 1 heterocycles. The number of aromatic nitrogens is 1. The van der Waals surface area contributed by atoms with E-state index in [2.05, 4.69) is 11.1 Å². The molecule has 0 aliphatic heterocycles. The number of hydrogen-bond acceptors (Lipinski definition) is 3. The number of nitrogen functional groups attached to an aromatic ring is 1. The van der Waals surface area contributed by atoms with Crippen LogP contribution in [0.4, 0.5) is 5.69 Å². The molecule has 0 radical (unpaired) electrons. The second-order valence-electron chi connectivity index (χ2n) is 5.04. The molecule has 3 aromatic rings. The minimum atomic E-state index is -0.0742. The number of para-hydroxylation sites is 1. The average molecular weight is 296 g/mol. The van der Waals surface area contributed by atoms with Crippen LogP contribution in [0.15, 0.2) is 58.4 Å². The molecule has 21 heavy (non-hydrogen) atoms. The van der Waals surface area contributed by atoms with E-state index in [0.29, 0.717) is 0 Å². The van der Waals surface area contributed by atoms with E-state index in [1.807, 2.05) is 43.3 Å². The predicted molar refractivity (Wildman–Crippen MR) is 89.7 cm³/mol. The van der Waals surface area contributed by atoms with Crippen molar-refractivity contribution in [3.63, 3.8) is 0 Å². The van der Waals surface area contributed by atoms with Gasteiger partial charge in [0.05, 0.1) is 5.03 Å². The van der Waals surface area contributed by atoms with Gasteiger partial charge in [0, 0.05) is 22.9 Å². The number of aromatic amines is 1. The molecule has 0 aliphatic rings. The van der Waals surface area contributed by atoms with E-state index in [4.69, 9.17) is 5.73 Å². The fourth-order valence-electron chi connectivity index (χ4n) is 2.28. The SMILES string of the molecule is Cc1ccc2cc(=O)[nH]c(SCc3ccccc3N)c2c1. The number of pyridine rings is 1. The molecule has 106 valence electrons. The number of nitrogens with two attached hydrogens (primary N) is 1. The predicted octanol–water partition coefficient (Wildman–Crippen LogP) is 3.71. The molecule has 3 rings (SSSR count). The van der Waals surface area contributed by atoms with Crippen molar-refractivity contribution < 1.29 is 0 Å². The van der Waals surface area contributed by atoms with E-state index >= 15 is 0 Å². The summed E-state index contributed by atoms with van der Waals surface area (Å²) in [5.74, 6) is 0.732. The largest absolute Gasteiger partial charge is 0.398 e. The Kier molecular flexibility index (Phi) is 3.71. The van der Waals surface area contributed by atoms with Gasteiger partial charge in [-0.1, -0.05) is 35.9 Å². The molecule has 0 saturated heterocycles. The van der Waals surface area contributed by atoms with Crippen LogP contribution in [0.3, 0.4) is 0 Å². The van der Waals surface area contributed by atoms with Crippen molar-refractivity contribution in [3.8, 4) is 0 Å². The second-order valence-corrected chi connectivity index (χ2v) is 6.03. The number of H-pyrrole nitrogens is 1. The average Bonchev–Trinajstić information content (AvgIpc) is 2.47. The lowest BCUT2D eigenvalue weighted by molar-refractivity contribution is 1.11. The highest BCUT2D eigenvalue weighted by Gasteiger charge is 2.06. The van der Waals surface area contributed by atoms with Crippen molar-refractivity contribution in [2.75, 3.05) is 5.73 Å². The van der Waals surface area contributed by atoms with Gasteiger partial charge in [-0.05, 0) is 30.0 Å². The Morgan fingerprint density at radius 1 is 1.14 bits per heavy atom. The summed E-state index contributed by atoms with van der Waals surface area (Å²) in [5.41, 5.74) is 8.93. The zero-order valence-corrected chi connectivity index (χ0v) is 12.5. The molecule has 0 saturated carbocycles. The van der Waals surface area contributed by atoms with Gasteiger partial charge in [-0.25, -0.2) is 0 Å². The highest BCUT2D eigenvalue weighted by atomic mass is 32.2. The molecule has 0 aliphatic carbocycles. The number of hydrogen-bond donors (Lipinski definition) is 2. The lowest BCUT2D eigenvalue weighted by atomic mass is 10.1. The minimum Gasteiger partial charge on any atom is -0.398 e. The number of fused-ring (bicyclic) bond motifs is 1. The summed E-state index contributed by atoms with van der Waals surface area (Å²) in [6, 6.07) is 15.5. The van der Waals surface area contributed by atoms with Gasteiger partial charge in [-0.3, -0.25) is 4.79 Å². The molecule has 0 fully saturated rings. The quantitative estimate of drug-likeness (QED) is 0.572. The Morgan fingerprint density at radius 2 is 1.95 bits per heavy atom. The first-order valence-electron chi connectivity index (χ1n) is 6.73. The summed E-state index contributed by atoms with van der Waals surface area (Å²) in [5, 5.41) is 2.94. The first kappa shape index (κ1) is 13.8. The summed E-state index contributed by atoms with van der Waals surface area (Å²) in [6.45, 7) is 2.05. The highest BCUT2D eigenvalue weighted by Crippen LogP contribution is 2.29. The summed E-state index contributed by atoms with van der Waals surface area (Å²) in [7, 11) is 0. The van der Waals surface area contributed by atoms with Gasteiger partial charge in [0.1, 0.15) is 0 Å². The molecule has 4 heteroatoms. The van der Waals surface area contributed by atoms with Crippen LogP contribution in [-0.4, -0.2) is 4.98 Å². The van der Waals surface area contributed by atoms with Crippen LogP contribution in [0.25, 0.3) is 10.8 Å². The van der Waals surface area contributed by atoms with Gasteiger partial charge < -0.3 is 10.7 Å². The number of thioether (sulfide) groups is 1. The molecule has 0 bridgehead atoms. The number of aryl methyl sites for hydroxylation is 1. The summed E-state index contributed by atoms with van der Waals surface area (Å²) in [4.78, 5) is 14.7. The normalized spacial score (nSPS) is 10.9. The van der Waals surface area contributed by atoms with Gasteiger partial charge in [-0.2, -0.15) is 0 Å². The summed E-state index contributed by atoms with van der Waals surface area (Å²) < 4.78 is 0. The maximum absolute atomic E-state index is 11.8. The summed E-state index contributed by atoms with van der Waals surface area (Å²) in [6.07, 6.45) is 0. The molecule has 3 N–H and O–H groups in total. The Balaban J connectivity index is 1.98. The fourth-order valence-corrected chi connectivity index (χ4v) is 3.35. The molecule has 0 spiro atoms. The third-order valence-corrected chi connectivity index (χ3v) is 4.47. The van der Waals surface area contributed by atoms with Crippen molar-refractivity contribution in [1.82, 2.24) is 4.98 Å². The number of rotatable bonds is 3. The van der Waals surface area contributed by atoms with Crippen LogP contribution in [0.2, 0.25) is 0 Å². The Morgan fingerprint density at radius 3 is 2.76 bits per heavy atom. The van der Waals surface area contributed by atoms with Crippen LogP contribution in [0.1, 0.15) is 11.1 Å². The van der Waals surface area contributed by atoms with Gasteiger partial charge in [0.2, 0.25) is 5.56 Å². The smallest absolute Gasteiger partial charge is 0.249 e. The fraction of sp³-hybridized carbons (Fsp3) is 0.118. The maximum Gasteiger partial charge on any atom is 0.249 e. The maximum atomic E-state index is 11.8. The topological polar surface area (TPSA) is 58.9 Å². The van der Waals surface area contributed by atoms with E-state index in [0.717, 1.165) is 32.8 Å². The molecule has 2 aromatic carbocycles. The third kappa shape index (κ3) is 2.95. The number of benzene rings is 2. The lowest BCUT2D eigenvalue weighted by Crippen LogP contribution is -2.05. The molecule has 1 aromatic heterocycles. The zero-order valence-electron chi connectivity index (χ0n) is 11.7. The van der Waals surface area contributed by atoms with Crippen LogP contribution in [0, 0.1) is 6.92 Å². The van der Waals surface area contributed by atoms with Crippen molar-refractivity contribution in [2.24, 2.45) is 0 Å². The molecular weight excluding hydrogens is 280 g/mol. The van der Waals surface area contributed by atoms with Crippen molar-refractivity contribution in [1.29, 1.82) is 0 Å². The van der Waals surface area contributed by atoms with Crippen molar-refractivity contribution in [3.05, 3.63) is 70.0 Å². The molecule has 0 unspecified atom stereocenters. The van der Waals surface area contributed by atoms with Gasteiger partial charge in [0.15, 0.2) is 0 Å². The minimum absolute atomic E-state index is 0.0742. The Bertz CT molecular complexity index is 855. The van der Waals surface area contributed by atoms with E-state index in [-0.39, 0.29) is 5.56 Å². The van der Waals surface area contributed by atoms with E-state index in [1.54, 1.807) is 17.8 Å². The van der Waals surface area contributed by atoms with Gasteiger partial charge in [0.25, 0.3) is 0 Å². The van der Waals surface area contributed by atoms with E-state index in [9.17, 15) is 4.79 Å². The third-order valence-electron chi connectivity index (χ3n) is 3.40.